The fourth-order valence-corrected chi connectivity index (χ4v) is 1.64. The average molecular weight is 245 g/mol. The normalized spacial score (nSPS) is 10.9. The van der Waals surface area contributed by atoms with Crippen molar-refractivity contribution in [1.82, 2.24) is 29.1 Å². The molecule has 3 rings (SSSR count). The van der Waals surface area contributed by atoms with Crippen LogP contribution >= 0.6 is 0 Å². The van der Waals surface area contributed by atoms with Gasteiger partial charge in [0, 0.05) is 31.5 Å². The molecule has 18 heavy (non-hydrogen) atoms. The number of anilines is 1. The molecule has 0 unspecified atom stereocenters. The maximum Gasteiger partial charge on any atom is 0.348 e. The van der Waals surface area contributed by atoms with Crippen LogP contribution in [-0.4, -0.2) is 35.7 Å². The molecule has 8 nitrogen and oxygen atoms in total. The molecule has 0 fully saturated rings. The lowest BCUT2D eigenvalue weighted by molar-refractivity contribution is 0.725. The van der Waals surface area contributed by atoms with Crippen molar-refractivity contribution < 1.29 is 0 Å². The molecule has 0 aromatic carbocycles. The van der Waals surface area contributed by atoms with Gasteiger partial charge in [0.25, 0.3) is 0 Å². The Morgan fingerprint density at radius 2 is 2.33 bits per heavy atom. The number of nitrogens with one attached hydrogen (secondary N) is 2. The molecule has 3 heterocycles. The summed E-state index contributed by atoms with van der Waals surface area (Å²) in [6, 6.07) is 1.71. The van der Waals surface area contributed by atoms with Gasteiger partial charge in [-0.25, -0.2) is 24.3 Å². The Morgan fingerprint density at radius 1 is 1.39 bits per heavy atom. The van der Waals surface area contributed by atoms with Crippen LogP contribution in [0.15, 0.2) is 35.9 Å². The zero-order valence-electron chi connectivity index (χ0n) is 9.45. The third kappa shape index (κ3) is 1.95. The Kier molecular flexibility index (Phi) is 2.52. The highest BCUT2D eigenvalue weighted by Crippen LogP contribution is 2.03. The van der Waals surface area contributed by atoms with E-state index < -0.39 is 0 Å². The maximum atomic E-state index is 11.2. The predicted molar refractivity (Wildman–Crippen MR) is 64.3 cm³/mol. The van der Waals surface area contributed by atoms with Gasteiger partial charge in [0.1, 0.15) is 12.1 Å². The van der Waals surface area contributed by atoms with Crippen LogP contribution in [0.3, 0.4) is 0 Å². The summed E-state index contributed by atoms with van der Waals surface area (Å²) < 4.78 is 3.31. The first-order valence-electron chi connectivity index (χ1n) is 5.45. The van der Waals surface area contributed by atoms with Crippen molar-refractivity contribution in [1.29, 1.82) is 0 Å². The molecule has 0 atom stereocenters. The van der Waals surface area contributed by atoms with E-state index in [2.05, 4.69) is 25.5 Å². The molecule has 0 amide bonds. The molecule has 92 valence electrons. The molecule has 0 aliphatic heterocycles. The van der Waals surface area contributed by atoms with Gasteiger partial charge in [0.15, 0.2) is 5.65 Å². The number of fused-ring (bicyclic) bond motifs is 1. The van der Waals surface area contributed by atoms with Gasteiger partial charge in [0.2, 0.25) is 0 Å². The van der Waals surface area contributed by atoms with Gasteiger partial charge in [-0.1, -0.05) is 0 Å². The lowest BCUT2D eigenvalue weighted by atomic mass is 10.5. The fourth-order valence-electron chi connectivity index (χ4n) is 1.64. The first-order valence-corrected chi connectivity index (χ1v) is 5.45. The van der Waals surface area contributed by atoms with Gasteiger partial charge >= 0.3 is 5.69 Å². The highest BCUT2D eigenvalue weighted by Gasteiger charge is 2.01. The molecule has 0 saturated carbocycles. The number of imidazole rings is 1. The van der Waals surface area contributed by atoms with Crippen molar-refractivity contribution >= 4 is 11.5 Å². The minimum Gasteiger partial charge on any atom is -0.368 e. The summed E-state index contributed by atoms with van der Waals surface area (Å²) in [5, 5.41) is 9.38. The van der Waals surface area contributed by atoms with Gasteiger partial charge in [0.05, 0.1) is 6.33 Å². The van der Waals surface area contributed by atoms with Crippen LogP contribution in [0.2, 0.25) is 0 Å². The molecule has 0 spiro atoms. The molecule has 8 heteroatoms. The smallest absolute Gasteiger partial charge is 0.348 e. The molecule has 0 saturated heterocycles. The van der Waals surface area contributed by atoms with E-state index in [9.17, 15) is 4.79 Å². The van der Waals surface area contributed by atoms with Crippen molar-refractivity contribution in [3.63, 3.8) is 0 Å². The van der Waals surface area contributed by atoms with Crippen LogP contribution in [0.5, 0.6) is 0 Å². The van der Waals surface area contributed by atoms with Gasteiger partial charge in [-0.3, -0.25) is 0 Å². The number of hydrogen-bond acceptors (Lipinski definition) is 5. The molecule has 3 aromatic rings. The lowest BCUT2D eigenvalue weighted by Gasteiger charge is -2.05. The van der Waals surface area contributed by atoms with Gasteiger partial charge < -0.3 is 9.88 Å². The van der Waals surface area contributed by atoms with Gasteiger partial charge in [-0.2, -0.15) is 5.10 Å². The summed E-state index contributed by atoms with van der Waals surface area (Å²) in [5.74, 6) is 0.682. The summed E-state index contributed by atoms with van der Waals surface area (Å²) >= 11 is 0. The molecule has 0 bridgehead atoms. The van der Waals surface area contributed by atoms with E-state index in [1.807, 2.05) is 10.8 Å². The van der Waals surface area contributed by atoms with E-state index in [1.54, 1.807) is 18.6 Å². The molecule has 0 aliphatic carbocycles. The Labute approximate surface area is 101 Å². The zero-order chi connectivity index (χ0) is 12.4. The largest absolute Gasteiger partial charge is 0.368 e. The standard InChI is InChI=1S/C10H11N7O/c18-10-15-14-9-5-8(13-7-17(9)10)12-2-4-16-3-1-11-6-16/h1,3,5-7,12H,2,4H2,(H,15,18). The Morgan fingerprint density at radius 3 is 3.17 bits per heavy atom. The van der Waals surface area contributed by atoms with Crippen LogP contribution in [0.25, 0.3) is 5.65 Å². The minimum absolute atomic E-state index is 0.289. The SMILES string of the molecule is O=c1[nH]nc2cc(NCCn3ccnc3)ncn12. The molecule has 3 aromatic heterocycles. The van der Waals surface area contributed by atoms with Crippen molar-refractivity contribution in [2.75, 3.05) is 11.9 Å². The zero-order valence-corrected chi connectivity index (χ0v) is 9.45. The Bertz CT molecular complexity index is 696. The summed E-state index contributed by atoms with van der Waals surface area (Å²) in [7, 11) is 0. The monoisotopic (exact) mass is 245 g/mol. The first kappa shape index (κ1) is 10.5. The third-order valence-corrected chi connectivity index (χ3v) is 2.55. The number of rotatable bonds is 4. The quantitative estimate of drug-likeness (QED) is 0.659. The van der Waals surface area contributed by atoms with E-state index in [0.717, 1.165) is 6.54 Å². The van der Waals surface area contributed by atoms with Crippen LogP contribution in [-0.2, 0) is 6.54 Å². The first-order chi connectivity index (χ1) is 8.83. The Hall–Kier alpha value is -2.64. The van der Waals surface area contributed by atoms with Gasteiger partial charge in [-0.05, 0) is 0 Å². The number of hydrogen-bond donors (Lipinski definition) is 2. The third-order valence-electron chi connectivity index (χ3n) is 2.55. The van der Waals surface area contributed by atoms with Crippen molar-refractivity contribution in [3.05, 3.63) is 41.6 Å². The number of aromatic amines is 1. The van der Waals surface area contributed by atoms with E-state index >= 15 is 0 Å². The fraction of sp³-hybridized carbons (Fsp3) is 0.200. The second-order valence-corrected chi connectivity index (χ2v) is 3.76. The van der Waals surface area contributed by atoms with Crippen molar-refractivity contribution in [2.45, 2.75) is 6.54 Å². The second kappa shape index (κ2) is 4.32. The van der Waals surface area contributed by atoms with Crippen molar-refractivity contribution in [2.24, 2.45) is 0 Å². The lowest BCUT2D eigenvalue weighted by Crippen LogP contribution is -2.12. The summed E-state index contributed by atoms with van der Waals surface area (Å²) in [6.45, 7) is 1.51. The van der Waals surface area contributed by atoms with Crippen LogP contribution in [0.4, 0.5) is 5.82 Å². The second-order valence-electron chi connectivity index (χ2n) is 3.76. The average Bonchev–Trinajstić information content (AvgIpc) is 3.00. The minimum atomic E-state index is -0.289. The molecule has 0 radical (unpaired) electrons. The van der Waals surface area contributed by atoms with Crippen molar-refractivity contribution in [3.8, 4) is 0 Å². The molecule has 2 N–H and O–H groups in total. The number of aromatic nitrogens is 6. The van der Waals surface area contributed by atoms with Crippen LogP contribution in [0, 0.1) is 0 Å². The summed E-state index contributed by atoms with van der Waals surface area (Å²) in [5.41, 5.74) is 0.252. The van der Waals surface area contributed by atoms with E-state index in [0.29, 0.717) is 18.0 Å². The maximum absolute atomic E-state index is 11.2. The summed E-state index contributed by atoms with van der Waals surface area (Å²) in [6.07, 6.45) is 6.83. The topological polar surface area (TPSA) is 92.9 Å². The van der Waals surface area contributed by atoms with E-state index in [-0.39, 0.29) is 5.69 Å². The summed E-state index contributed by atoms with van der Waals surface area (Å²) in [4.78, 5) is 19.3. The van der Waals surface area contributed by atoms with E-state index in [1.165, 1.54) is 10.7 Å². The number of H-pyrrole nitrogens is 1. The molecule has 0 aliphatic rings. The highest BCUT2D eigenvalue weighted by atomic mass is 16.1. The van der Waals surface area contributed by atoms with Gasteiger partial charge in [-0.15, -0.1) is 0 Å². The predicted octanol–water partition coefficient (Wildman–Crippen LogP) is -0.274. The molecular formula is C10H11N7O. The van der Waals surface area contributed by atoms with Crippen LogP contribution in [0.1, 0.15) is 0 Å². The Balaban J connectivity index is 1.69. The number of nitrogens with zero attached hydrogens (tertiary/aromatic N) is 5. The van der Waals surface area contributed by atoms with Crippen LogP contribution < -0.4 is 11.0 Å². The highest BCUT2D eigenvalue weighted by molar-refractivity contribution is 5.48. The molecular weight excluding hydrogens is 234 g/mol. The van der Waals surface area contributed by atoms with E-state index in [4.69, 9.17) is 0 Å².